The topological polar surface area (TPSA) is 21.3 Å². The van der Waals surface area contributed by atoms with Crippen molar-refractivity contribution in [2.75, 3.05) is 13.2 Å². The van der Waals surface area contributed by atoms with Crippen molar-refractivity contribution in [3.05, 3.63) is 34.9 Å². The third kappa shape index (κ3) is 4.97. The highest BCUT2D eigenvalue weighted by atomic mass is 35.5. The van der Waals surface area contributed by atoms with Gasteiger partial charge in [-0.05, 0) is 30.5 Å². The molecule has 100 valence electrons. The van der Waals surface area contributed by atoms with E-state index >= 15 is 0 Å². The van der Waals surface area contributed by atoms with Gasteiger partial charge in [0.1, 0.15) is 0 Å². The Bertz CT molecular complexity index is 350. The Morgan fingerprint density at radius 1 is 1.22 bits per heavy atom. The lowest BCUT2D eigenvalue weighted by Gasteiger charge is -2.22. The number of rotatable bonds is 6. The molecule has 1 aromatic rings. The molecule has 0 unspecified atom stereocenters. The van der Waals surface area contributed by atoms with Crippen LogP contribution in [0.4, 0.5) is 0 Å². The average molecular weight is 268 g/mol. The largest absolute Gasteiger partial charge is 0.377 e. The Labute approximate surface area is 115 Å². The zero-order valence-electron chi connectivity index (χ0n) is 10.8. The quantitative estimate of drug-likeness (QED) is 0.792. The molecular formula is C15H22ClNO. The number of benzene rings is 1. The fourth-order valence-corrected chi connectivity index (χ4v) is 2.62. The third-order valence-electron chi connectivity index (χ3n) is 3.40. The van der Waals surface area contributed by atoms with E-state index in [4.69, 9.17) is 16.3 Å². The summed E-state index contributed by atoms with van der Waals surface area (Å²) >= 11 is 5.93. The first-order valence-electron chi connectivity index (χ1n) is 6.91. The number of hydrogen-bond donors (Lipinski definition) is 1. The maximum absolute atomic E-state index is 5.93. The van der Waals surface area contributed by atoms with E-state index in [1.807, 2.05) is 18.2 Å². The maximum Gasteiger partial charge on any atom is 0.0594 e. The van der Waals surface area contributed by atoms with E-state index in [1.54, 1.807) is 0 Å². The van der Waals surface area contributed by atoms with Gasteiger partial charge in [0, 0.05) is 18.1 Å². The molecule has 0 bridgehead atoms. The van der Waals surface area contributed by atoms with Gasteiger partial charge in [0.05, 0.1) is 12.7 Å². The van der Waals surface area contributed by atoms with Gasteiger partial charge in [-0.2, -0.15) is 0 Å². The van der Waals surface area contributed by atoms with Crippen molar-refractivity contribution in [3.8, 4) is 0 Å². The zero-order valence-corrected chi connectivity index (χ0v) is 11.6. The van der Waals surface area contributed by atoms with Crippen LogP contribution in [0.2, 0.25) is 5.02 Å². The van der Waals surface area contributed by atoms with Crippen LogP contribution in [0.15, 0.2) is 24.3 Å². The summed E-state index contributed by atoms with van der Waals surface area (Å²) in [5.41, 5.74) is 1.22. The second-order valence-corrected chi connectivity index (χ2v) is 5.37. The first kappa shape index (κ1) is 13.9. The number of halogens is 1. The highest BCUT2D eigenvalue weighted by Crippen LogP contribution is 2.19. The summed E-state index contributed by atoms with van der Waals surface area (Å²) in [4.78, 5) is 0. The van der Waals surface area contributed by atoms with Gasteiger partial charge in [-0.3, -0.25) is 0 Å². The molecule has 1 N–H and O–H groups in total. The smallest absolute Gasteiger partial charge is 0.0594 e. The molecule has 0 radical (unpaired) electrons. The predicted molar refractivity (Wildman–Crippen MR) is 76.0 cm³/mol. The summed E-state index contributed by atoms with van der Waals surface area (Å²) in [7, 11) is 0. The van der Waals surface area contributed by atoms with Crippen LogP contribution in [-0.2, 0) is 11.3 Å². The highest BCUT2D eigenvalue weighted by molar-refractivity contribution is 6.30. The summed E-state index contributed by atoms with van der Waals surface area (Å²) in [5.74, 6) is 0. The minimum Gasteiger partial charge on any atom is -0.377 e. The fraction of sp³-hybridized carbons (Fsp3) is 0.600. The second kappa shape index (κ2) is 7.78. The van der Waals surface area contributed by atoms with Crippen molar-refractivity contribution < 1.29 is 4.74 Å². The Morgan fingerprint density at radius 3 is 2.83 bits per heavy atom. The van der Waals surface area contributed by atoms with E-state index in [1.165, 1.54) is 37.7 Å². The highest BCUT2D eigenvalue weighted by Gasteiger charge is 2.12. The van der Waals surface area contributed by atoms with Crippen LogP contribution in [0.1, 0.15) is 37.7 Å². The average Bonchev–Trinajstić information content (AvgIpc) is 2.40. The number of hydrogen-bond acceptors (Lipinski definition) is 2. The maximum atomic E-state index is 5.93. The lowest BCUT2D eigenvalue weighted by Crippen LogP contribution is -2.24. The molecule has 3 heteroatoms. The van der Waals surface area contributed by atoms with Crippen LogP contribution in [-0.4, -0.2) is 19.3 Å². The van der Waals surface area contributed by atoms with Crippen LogP contribution in [0.25, 0.3) is 0 Å². The summed E-state index contributed by atoms with van der Waals surface area (Å²) in [5, 5.41) is 4.18. The zero-order chi connectivity index (χ0) is 12.6. The SMILES string of the molecule is Clc1cccc(CNCCOC2CCCCC2)c1. The molecular weight excluding hydrogens is 246 g/mol. The van der Waals surface area contributed by atoms with Gasteiger partial charge in [-0.1, -0.05) is 43.0 Å². The van der Waals surface area contributed by atoms with Crippen molar-refractivity contribution in [3.63, 3.8) is 0 Å². The first-order chi connectivity index (χ1) is 8.84. The summed E-state index contributed by atoms with van der Waals surface area (Å²) in [6, 6.07) is 7.96. The summed E-state index contributed by atoms with van der Waals surface area (Å²) in [6.45, 7) is 2.57. The molecule has 0 heterocycles. The molecule has 1 aliphatic carbocycles. The minimum absolute atomic E-state index is 0.506. The minimum atomic E-state index is 0.506. The predicted octanol–water partition coefficient (Wildman–Crippen LogP) is 3.78. The van der Waals surface area contributed by atoms with Crippen LogP contribution < -0.4 is 5.32 Å². The van der Waals surface area contributed by atoms with Gasteiger partial charge in [0.25, 0.3) is 0 Å². The molecule has 0 saturated heterocycles. The molecule has 0 spiro atoms. The van der Waals surface area contributed by atoms with Gasteiger partial charge < -0.3 is 10.1 Å². The molecule has 18 heavy (non-hydrogen) atoms. The van der Waals surface area contributed by atoms with Crippen molar-refractivity contribution in [1.29, 1.82) is 0 Å². The molecule has 0 atom stereocenters. The lowest BCUT2D eigenvalue weighted by molar-refractivity contribution is 0.0302. The van der Waals surface area contributed by atoms with E-state index < -0.39 is 0 Å². The fourth-order valence-electron chi connectivity index (χ4n) is 2.41. The van der Waals surface area contributed by atoms with Crippen LogP contribution in [0, 0.1) is 0 Å². The molecule has 0 amide bonds. The van der Waals surface area contributed by atoms with E-state index in [-0.39, 0.29) is 0 Å². The van der Waals surface area contributed by atoms with Gasteiger partial charge in [-0.25, -0.2) is 0 Å². The molecule has 1 aliphatic rings. The lowest BCUT2D eigenvalue weighted by atomic mass is 9.98. The Hall–Kier alpha value is -0.570. The van der Waals surface area contributed by atoms with Crippen LogP contribution in [0.3, 0.4) is 0 Å². The molecule has 1 saturated carbocycles. The Balaban J connectivity index is 1.55. The van der Waals surface area contributed by atoms with Gasteiger partial charge >= 0.3 is 0 Å². The molecule has 1 aromatic carbocycles. The van der Waals surface area contributed by atoms with Crippen molar-refractivity contribution >= 4 is 11.6 Å². The van der Waals surface area contributed by atoms with Crippen molar-refractivity contribution in [2.45, 2.75) is 44.8 Å². The normalized spacial score (nSPS) is 16.9. The summed E-state index contributed by atoms with van der Waals surface area (Å²) < 4.78 is 5.86. The Kier molecular flexibility index (Phi) is 5.98. The molecule has 0 aliphatic heterocycles. The Morgan fingerprint density at radius 2 is 2.06 bits per heavy atom. The van der Waals surface area contributed by atoms with E-state index in [2.05, 4.69) is 11.4 Å². The number of nitrogens with one attached hydrogen (secondary N) is 1. The van der Waals surface area contributed by atoms with Crippen molar-refractivity contribution in [2.24, 2.45) is 0 Å². The molecule has 2 nitrogen and oxygen atoms in total. The van der Waals surface area contributed by atoms with Gasteiger partial charge in [0.2, 0.25) is 0 Å². The van der Waals surface area contributed by atoms with Gasteiger partial charge in [-0.15, -0.1) is 0 Å². The van der Waals surface area contributed by atoms with E-state index in [9.17, 15) is 0 Å². The second-order valence-electron chi connectivity index (χ2n) is 4.94. The first-order valence-corrected chi connectivity index (χ1v) is 7.29. The van der Waals surface area contributed by atoms with E-state index in [0.29, 0.717) is 6.10 Å². The third-order valence-corrected chi connectivity index (χ3v) is 3.64. The molecule has 2 rings (SSSR count). The monoisotopic (exact) mass is 267 g/mol. The molecule has 1 fully saturated rings. The summed E-state index contributed by atoms with van der Waals surface area (Å²) in [6.07, 6.45) is 7.04. The molecule has 0 aromatic heterocycles. The number of ether oxygens (including phenoxy) is 1. The van der Waals surface area contributed by atoms with Gasteiger partial charge in [0.15, 0.2) is 0 Å². The standard InChI is InChI=1S/C15H22ClNO/c16-14-6-4-5-13(11-14)12-17-9-10-18-15-7-2-1-3-8-15/h4-6,11,15,17H,1-3,7-10,12H2. The van der Waals surface area contributed by atoms with Crippen molar-refractivity contribution in [1.82, 2.24) is 5.32 Å². The van der Waals surface area contributed by atoms with E-state index in [0.717, 1.165) is 24.7 Å². The van der Waals surface area contributed by atoms with Crippen LogP contribution >= 0.6 is 11.6 Å². The van der Waals surface area contributed by atoms with Crippen LogP contribution in [0.5, 0.6) is 0 Å².